The fourth-order valence-corrected chi connectivity index (χ4v) is 3.23. The van der Waals surface area contributed by atoms with E-state index in [-0.39, 0.29) is 4.90 Å². The van der Waals surface area contributed by atoms with E-state index in [9.17, 15) is 18.0 Å². The number of ether oxygens (including phenoxy) is 2. The van der Waals surface area contributed by atoms with Crippen molar-refractivity contribution in [2.24, 2.45) is 0 Å². The zero-order chi connectivity index (χ0) is 19.4. The molecule has 0 radical (unpaired) electrons. The van der Waals surface area contributed by atoms with Crippen LogP contribution < -0.4 is 0 Å². The Hall–Kier alpha value is -2.35. The highest BCUT2D eigenvalue weighted by Gasteiger charge is 2.38. The lowest BCUT2D eigenvalue weighted by Crippen LogP contribution is -2.42. The van der Waals surface area contributed by atoms with Crippen LogP contribution in [0.25, 0.3) is 0 Å². The van der Waals surface area contributed by atoms with Crippen molar-refractivity contribution in [1.82, 2.24) is 4.31 Å². The van der Waals surface area contributed by atoms with Crippen molar-refractivity contribution in [3.05, 3.63) is 41.6 Å². The summed E-state index contributed by atoms with van der Waals surface area (Å²) in [6.45, 7) is 8.00. The molecule has 1 rings (SSSR count). The largest absolute Gasteiger partial charge is 0.464 e. The monoisotopic (exact) mass is 369 g/mol. The van der Waals surface area contributed by atoms with Crippen molar-refractivity contribution in [2.75, 3.05) is 7.11 Å². The van der Waals surface area contributed by atoms with Gasteiger partial charge in [0, 0.05) is 0 Å². The molecule has 0 atom stereocenters. The van der Waals surface area contributed by atoms with Crippen LogP contribution in [0.5, 0.6) is 0 Å². The number of esters is 1. The molecule has 0 N–H and O–H groups in total. The molecule has 1 amide bonds. The predicted molar refractivity (Wildman–Crippen MR) is 92.2 cm³/mol. The molecule has 1 aromatic carbocycles. The summed E-state index contributed by atoms with van der Waals surface area (Å²) >= 11 is 0. The molecule has 8 heteroatoms. The maximum atomic E-state index is 13.0. The van der Waals surface area contributed by atoms with Crippen molar-refractivity contribution in [1.29, 1.82) is 0 Å². The minimum absolute atomic E-state index is 0.146. The Morgan fingerprint density at radius 2 is 1.64 bits per heavy atom. The summed E-state index contributed by atoms with van der Waals surface area (Å²) in [6, 6.07) is 5.89. The van der Waals surface area contributed by atoms with Gasteiger partial charge in [-0.1, -0.05) is 23.8 Å². The Balaban J connectivity index is 3.52. The van der Waals surface area contributed by atoms with E-state index in [0.29, 0.717) is 4.31 Å². The minimum Gasteiger partial charge on any atom is -0.464 e. The topological polar surface area (TPSA) is 90.0 Å². The van der Waals surface area contributed by atoms with E-state index in [2.05, 4.69) is 4.74 Å². The van der Waals surface area contributed by atoms with Crippen molar-refractivity contribution in [2.45, 2.75) is 45.1 Å². The maximum Gasteiger partial charge on any atom is 0.429 e. The first kappa shape index (κ1) is 20.7. The van der Waals surface area contributed by atoms with Gasteiger partial charge in [0.2, 0.25) is 0 Å². The molecule has 0 unspecified atom stereocenters. The van der Waals surface area contributed by atoms with Gasteiger partial charge in [0.05, 0.1) is 12.0 Å². The van der Waals surface area contributed by atoms with Gasteiger partial charge in [0.1, 0.15) is 11.3 Å². The molecule has 0 aliphatic rings. The molecule has 0 heterocycles. The number of sulfonamides is 1. The van der Waals surface area contributed by atoms with Crippen LogP contribution in [0.1, 0.15) is 33.3 Å². The SMILES string of the molecule is C/C=C(\C(=O)OC)N(C(=O)OC(C)(C)C)S(=O)(=O)c1ccc(C)cc1. The van der Waals surface area contributed by atoms with E-state index in [1.54, 1.807) is 39.8 Å². The number of methoxy groups -OCH3 is 1. The number of carbonyl (C=O) groups excluding carboxylic acids is 2. The first-order chi connectivity index (χ1) is 11.4. The minimum atomic E-state index is -4.37. The molecule has 138 valence electrons. The van der Waals surface area contributed by atoms with Crippen molar-refractivity contribution in [3.8, 4) is 0 Å². The maximum absolute atomic E-state index is 13.0. The lowest BCUT2D eigenvalue weighted by Gasteiger charge is -2.27. The van der Waals surface area contributed by atoms with E-state index in [1.165, 1.54) is 25.1 Å². The van der Waals surface area contributed by atoms with Crippen LogP contribution in [0.15, 0.2) is 40.9 Å². The summed E-state index contributed by atoms with van der Waals surface area (Å²) in [7, 11) is -3.27. The van der Waals surface area contributed by atoms with Gasteiger partial charge in [-0.05, 0) is 46.8 Å². The lowest BCUT2D eigenvalue weighted by molar-refractivity contribution is -0.137. The van der Waals surface area contributed by atoms with E-state index in [4.69, 9.17) is 4.74 Å². The lowest BCUT2D eigenvalue weighted by atomic mass is 10.2. The van der Waals surface area contributed by atoms with Gasteiger partial charge in [0.15, 0.2) is 0 Å². The molecule has 0 spiro atoms. The molecular formula is C17H23NO6S. The van der Waals surface area contributed by atoms with E-state index in [1.807, 2.05) is 0 Å². The Kier molecular flexibility index (Phi) is 6.37. The zero-order valence-electron chi connectivity index (χ0n) is 15.2. The van der Waals surface area contributed by atoms with Crippen LogP contribution >= 0.6 is 0 Å². The Labute approximate surface area is 148 Å². The zero-order valence-corrected chi connectivity index (χ0v) is 16.0. The summed E-state index contributed by atoms with van der Waals surface area (Å²) in [5, 5.41) is 0. The summed E-state index contributed by atoms with van der Waals surface area (Å²) in [5.41, 5.74) is -0.549. The second kappa shape index (κ2) is 7.69. The number of allylic oxidation sites excluding steroid dienone is 1. The Bertz CT molecular complexity index is 772. The quantitative estimate of drug-likeness (QED) is 0.599. The van der Waals surface area contributed by atoms with Crippen LogP contribution in [0.3, 0.4) is 0 Å². The van der Waals surface area contributed by atoms with Gasteiger partial charge in [-0.2, -0.15) is 4.31 Å². The normalized spacial score (nSPS) is 12.5. The number of rotatable bonds is 4. The van der Waals surface area contributed by atoms with Gasteiger partial charge in [0.25, 0.3) is 10.0 Å². The van der Waals surface area contributed by atoms with Crippen molar-refractivity contribution in [3.63, 3.8) is 0 Å². The Morgan fingerprint density at radius 1 is 1.12 bits per heavy atom. The average Bonchev–Trinajstić information content (AvgIpc) is 2.49. The number of amides is 1. The molecule has 25 heavy (non-hydrogen) atoms. The number of hydrogen-bond donors (Lipinski definition) is 0. The fourth-order valence-electron chi connectivity index (χ4n) is 1.87. The molecule has 0 saturated heterocycles. The third kappa shape index (κ3) is 5.06. The van der Waals surface area contributed by atoms with Gasteiger partial charge >= 0.3 is 12.1 Å². The van der Waals surface area contributed by atoms with Gasteiger partial charge < -0.3 is 9.47 Å². The summed E-state index contributed by atoms with van der Waals surface area (Å²) in [4.78, 5) is 24.4. The van der Waals surface area contributed by atoms with E-state index >= 15 is 0 Å². The van der Waals surface area contributed by atoms with Crippen LogP contribution in [0, 0.1) is 6.92 Å². The molecule has 0 aromatic heterocycles. The summed E-state index contributed by atoms with van der Waals surface area (Å²) in [6.07, 6.45) is -0.00632. The number of benzene rings is 1. The smallest absolute Gasteiger partial charge is 0.429 e. The standard InChI is InChI=1S/C17H23NO6S/c1-7-14(15(19)23-6)18(16(20)24-17(3,4)5)25(21,22)13-10-8-12(2)9-11-13/h7-11H,1-6H3/b14-7+. The fraction of sp³-hybridized carbons (Fsp3) is 0.412. The average molecular weight is 369 g/mol. The van der Waals surface area contributed by atoms with Crippen molar-refractivity contribution < 1.29 is 27.5 Å². The molecule has 0 aliphatic carbocycles. The molecular weight excluding hydrogens is 346 g/mol. The van der Waals surface area contributed by atoms with Crippen LogP contribution in [-0.4, -0.2) is 37.5 Å². The summed E-state index contributed by atoms with van der Waals surface area (Å²) < 4.78 is 36.0. The van der Waals surface area contributed by atoms with E-state index < -0.39 is 33.4 Å². The van der Waals surface area contributed by atoms with Crippen LogP contribution in [-0.2, 0) is 24.3 Å². The highest BCUT2D eigenvalue weighted by molar-refractivity contribution is 7.89. The highest BCUT2D eigenvalue weighted by Crippen LogP contribution is 2.24. The van der Waals surface area contributed by atoms with Crippen molar-refractivity contribution >= 4 is 22.1 Å². The number of hydrogen-bond acceptors (Lipinski definition) is 6. The van der Waals surface area contributed by atoms with Gasteiger partial charge in [-0.25, -0.2) is 18.0 Å². The predicted octanol–water partition coefficient (Wildman–Crippen LogP) is 3.00. The molecule has 0 fully saturated rings. The highest BCUT2D eigenvalue weighted by atomic mass is 32.2. The Morgan fingerprint density at radius 3 is 2.04 bits per heavy atom. The third-order valence-electron chi connectivity index (χ3n) is 3.01. The van der Waals surface area contributed by atoms with Gasteiger partial charge in [-0.3, -0.25) is 0 Å². The number of carbonyl (C=O) groups is 2. The first-order valence-corrected chi connectivity index (χ1v) is 8.97. The second-order valence-electron chi connectivity index (χ2n) is 6.23. The first-order valence-electron chi connectivity index (χ1n) is 7.53. The van der Waals surface area contributed by atoms with Crippen LogP contribution in [0.4, 0.5) is 4.79 Å². The third-order valence-corrected chi connectivity index (χ3v) is 4.70. The van der Waals surface area contributed by atoms with Crippen LogP contribution in [0.2, 0.25) is 0 Å². The number of nitrogens with zero attached hydrogens (tertiary/aromatic N) is 1. The number of aryl methyl sites for hydroxylation is 1. The molecule has 1 aromatic rings. The molecule has 0 saturated carbocycles. The second-order valence-corrected chi connectivity index (χ2v) is 8.02. The summed E-state index contributed by atoms with van der Waals surface area (Å²) in [5.74, 6) is -0.968. The van der Waals surface area contributed by atoms with Gasteiger partial charge in [-0.15, -0.1) is 0 Å². The molecule has 0 bridgehead atoms. The van der Waals surface area contributed by atoms with E-state index in [0.717, 1.165) is 12.7 Å². The molecule has 7 nitrogen and oxygen atoms in total. The molecule has 0 aliphatic heterocycles.